The highest BCUT2D eigenvalue weighted by atomic mass is 15.0. The van der Waals surface area contributed by atoms with Crippen molar-refractivity contribution >= 4 is 27.4 Å². The van der Waals surface area contributed by atoms with E-state index in [-0.39, 0.29) is 5.41 Å². The fraction of sp³-hybridized carbons (Fsp3) is 0.0968. The summed E-state index contributed by atoms with van der Waals surface area (Å²) >= 11 is 0. The van der Waals surface area contributed by atoms with Crippen molar-refractivity contribution in [3.8, 4) is 5.69 Å². The molecule has 0 amide bonds. The number of hydrogen-bond donors (Lipinski definition) is 1. The third-order valence-electron chi connectivity index (χ3n) is 7.08. The zero-order chi connectivity index (χ0) is 22.4. The van der Waals surface area contributed by atoms with Crippen molar-refractivity contribution in [2.75, 3.05) is 0 Å². The highest BCUT2D eigenvalue weighted by molar-refractivity contribution is 6.10. The lowest BCUT2D eigenvalue weighted by atomic mass is 9.73. The minimum atomic E-state index is -0.113. The Labute approximate surface area is 194 Å². The molecule has 33 heavy (non-hydrogen) atoms. The molecule has 0 bridgehead atoms. The van der Waals surface area contributed by atoms with Crippen LogP contribution in [-0.2, 0) is 0 Å². The Balaban J connectivity index is 1.52. The molecule has 0 saturated heterocycles. The lowest BCUT2D eigenvalue weighted by molar-refractivity contribution is 0.470. The molecule has 1 unspecified atom stereocenters. The van der Waals surface area contributed by atoms with E-state index in [1.165, 1.54) is 44.3 Å². The van der Waals surface area contributed by atoms with Gasteiger partial charge in [0.15, 0.2) is 0 Å². The number of rotatable bonds is 2. The van der Waals surface area contributed by atoms with Gasteiger partial charge in [0, 0.05) is 33.8 Å². The molecule has 4 aromatic rings. The first-order valence-corrected chi connectivity index (χ1v) is 11.5. The first-order valence-electron chi connectivity index (χ1n) is 11.5. The maximum atomic E-state index is 4.47. The molecule has 6 rings (SSSR count). The molecule has 1 N–H and O–H groups in total. The topological polar surface area (TPSA) is 17.0 Å². The van der Waals surface area contributed by atoms with Crippen molar-refractivity contribution in [1.82, 2.24) is 9.88 Å². The standard InChI is InChI=1S/C31H26N2/c1-22-20-24(17-19-32-30-14-8-9-18-31(22,30)2)23-15-16-29-27(21-23)26-12-6-7-13-28(26)33(29)25-10-4-3-5-11-25/h3-17,19-21,32H,1,18H2,2H3/b19-17-,24-20+. The number of nitrogens with zero attached hydrogens (tertiary/aromatic N) is 1. The van der Waals surface area contributed by atoms with Crippen LogP contribution in [0.3, 0.4) is 0 Å². The average molecular weight is 427 g/mol. The van der Waals surface area contributed by atoms with Gasteiger partial charge in [-0.25, -0.2) is 0 Å². The van der Waals surface area contributed by atoms with Crippen molar-refractivity contribution in [2.24, 2.45) is 5.41 Å². The molecule has 0 spiro atoms. The van der Waals surface area contributed by atoms with Crippen LogP contribution in [0.15, 0.2) is 127 Å². The normalized spacial score (nSPS) is 22.6. The van der Waals surface area contributed by atoms with Gasteiger partial charge in [-0.3, -0.25) is 0 Å². The molecule has 160 valence electrons. The Kier molecular flexibility index (Phi) is 4.48. The molecule has 1 aromatic heterocycles. The Morgan fingerprint density at radius 2 is 1.70 bits per heavy atom. The molecule has 1 aliphatic heterocycles. The first-order chi connectivity index (χ1) is 16.1. The molecule has 3 aromatic carbocycles. The quantitative estimate of drug-likeness (QED) is 0.348. The van der Waals surface area contributed by atoms with Crippen LogP contribution in [0.2, 0.25) is 0 Å². The summed E-state index contributed by atoms with van der Waals surface area (Å²) in [5.41, 5.74) is 8.18. The van der Waals surface area contributed by atoms with Gasteiger partial charge in [0.05, 0.1) is 11.0 Å². The summed E-state index contributed by atoms with van der Waals surface area (Å²) in [4.78, 5) is 0. The van der Waals surface area contributed by atoms with Gasteiger partial charge in [0.1, 0.15) is 0 Å². The van der Waals surface area contributed by atoms with E-state index >= 15 is 0 Å². The van der Waals surface area contributed by atoms with E-state index in [9.17, 15) is 0 Å². The van der Waals surface area contributed by atoms with Crippen LogP contribution in [0.1, 0.15) is 18.9 Å². The molecular formula is C31H26N2. The summed E-state index contributed by atoms with van der Waals surface area (Å²) in [6.07, 6.45) is 13.9. The Morgan fingerprint density at radius 3 is 2.58 bits per heavy atom. The van der Waals surface area contributed by atoms with Crippen molar-refractivity contribution in [1.29, 1.82) is 0 Å². The van der Waals surface area contributed by atoms with Crippen molar-refractivity contribution in [2.45, 2.75) is 13.3 Å². The number of benzene rings is 3. The number of aromatic nitrogens is 1. The molecule has 0 radical (unpaired) electrons. The molecular weight excluding hydrogens is 400 g/mol. The third-order valence-corrected chi connectivity index (χ3v) is 7.08. The highest BCUT2D eigenvalue weighted by Crippen LogP contribution is 2.42. The molecule has 2 heterocycles. The lowest BCUT2D eigenvalue weighted by Crippen LogP contribution is -2.29. The zero-order valence-corrected chi connectivity index (χ0v) is 18.8. The van der Waals surface area contributed by atoms with E-state index in [1.807, 2.05) is 0 Å². The lowest BCUT2D eigenvalue weighted by Gasteiger charge is -2.35. The van der Waals surface area contributed by atoms with E-state index in [4.69, 9.17) is 0 Å². The van der Waals surface area contributed by atoms with E-state index in [0.29, 0.717) is 0 Å². The summed E-state index contributed by atoms with van der Waals surface area (Å²) in [7, 11) is 0. The predicted octanol–water partition coefficient (Wildman–Crippen LogP) is 7.69. The Hall–Kier alpha value is -4.04. The van der Waals surface area contributed by atoms with Gasteiger partial charge < -0.3 is 9.88 Å². The minimum absolute atomic E-state index is 0.113. The fourth-order valence-electron chi connectivity index (χ4n) is 5.08. The van der Waals surface area contributed by atoms with Gasteiger partial charge >= 0.3 is 0 Å². The Morgan fingerprint density at radius 1 is 0.909 bits per heavy atom. The third kappa shape index (κ3) is 3.10. The van der Waals surface area contributed by atoms with Crippen molar-refractivity contribution < 1.29 is 0 Å². The molecule has 2 aliphatic rings. The number of fused-ring (bicyclic) bond motifs is 4. The molecule has 0 fully saturated rings. The van der Waals surface area contributed by atoms with E-state index in [2.05, 4.69) is 133 Å². The molecule has 0 saturated carbocycles. The minimum Gasteiger partial charge on any atom is -0.364 e. The number of allylic oxidation sites excluding steroid dienone is 7. The second kappa shape index (κ2) is 7.53. The highest BCUT2D eigenvalue weighted by Gasteiger charge is 2.32. The van der Waals surface area contributed by atoms with Crippen molar-refractivity contribution in [3.63, 3.8) is 0 Å². The van der Waals surface area contributed by atoms with Crippen LogP contribution in [0.5, 0.6) is 0 Å². The zero-order valence-electron chi connectivity index (χ0n) is 18.8. The predicted molar refractivity (Wildman–Crippen MR) is 140 cm³/mol. The van der Waals surface area contributed by atoms with Crippen LogP contribution < -0.4 is 5.32 Å². The second-order valence-corrected chi connectivity index (χ2v) is 9.07. The van der Waals surface area contributed by atoms with E-state index < -0.39 is 0 Å². The molecule has 1 atom stereocenters. The largest absolute Gasteiger partial charge is 0.364 e. The van der Waals surface area contributed by atoms with Gasteiger partial charge in [0.2, 0.25) is 0 Å². The SMILES string of the molecule is C=C1/C=C(c2ccc3c(c2)c2ccccc2n3-c2ccccc2)\C=C/NC2=CC=CCC12C. The van der Waals surface area contributed by atoms with E-state index in [1.54, 1.807) is 0 Å². The number of hydrogen-bond acceptors (Lipinski definition) is 1. The van der Waals surface area contributed by atoms with Gasteiger partial charge in [-0.05, 0) is 72.5 Å². The second-order valence-electron chi connectivity index (χ2n) is 9.07. The Bertz CT molecular complexity index is 1530. The summed E-state index contributed by atoms with van der Waals surface area (Å²) in [6, 6.07) is 26.0. The summed E-state index contributed by atoms with van der Waals surface area (Å²) in [5.74, 6) is 0. The van der Waals surface area contributed by atoms with Gasteiger partial charge in [-0.1, -0.05) is 67.3 Å². The maximum absolute atomic E-state index is 4.47. The summed E-state index contributed by atoms with van der Waals surface area (Å²) < 4.78 is 2.35. The van der Waals surface area contributed by atoms with Crippen LogP contribution >= 0.6 is 0 Å². The van der Waals surface area contributed by atoms with Crippen molar-refractivity contribution in [3.05, 3.63) is 133 Å². The van der Waals surface area contributed by atoms with E-state index in [0.717, 1.165) is 12.0 Å². The number of para-hydroxylation sites is 2. The average Bonchev–Trinajstić information content (AvgIpc) is 3.18. The number of nitrogens with one attached hydrogen (secondary N) is 1. The van der Waals surface area contributed by atoms with Gasteiger partial charge in [0.25, 0.3) is 0 Å². The maximum Gasteiger partial charge on any atom is 0.0541 e. The van der Waals surface area contributed by atoms with Gasteiger partial charge in [-0.15, -0.1) is 0 Å². The molecule has 2 heteroatoms. The fourth-order valence-corrected chi connectivity index (χ4v) is 5.08. The van der Waals surface area contributed by atoms with Gasteiger partial charge in [-0.2, -0.15) is 0 Å². The molecule has 2 nitrogen and oxygen atoms in total. The van der Waals surface area contributed by atoms with Crippen LogP contribution in [-0.4, -0.2) is 4.57 Å². The monoisotopic (exact) mass is 426 g/mol. The molecule has 1 aliphatic carbocycles. The van der Waals surface area contributed by atoms with Crippen LogP contribution in [0, 0.1) is 5.41 Å². The smallest absolute Gasteiger partial charge is 0.0541 e. The summed E-state index contributed by atoms with van der Waals surface area (Å²) in [6.45, 7) is 6.74. The van der Waals surface area contributed by atoms with Crippen LogP contribution in [0.25, 0.3) is 33.1 Å². The summed E-state index contributed by atoms with van der Waals surface area (Å²) in [5, 5.41) is 6.03. The first kappa shape index (κ1) is 19.6. The van der Waals surface area contributed by atoms with Crippen LogP contribution in [0.4, 0.5) is 0 Å².